The highest BCUT2D eigenvalue weighted by atomic mass is 16.6. The highest BCUT2D eigenvalue weighted by molar-refractivity contribution is 5.71. The van der Waals surface area contributed by atoms with Crippen molar-refractivity contribution in [3.05, 3.63) is 12.2 Å². The molecule has 6 heteroatoms. The zero-order valence-corrected chi connectivity index (χ0v) is 46.9. The maximum Gasteiger partial charge on any atom is 0.306 e. The molecule has 0 spiro atoms. The standard InChI is InChI=1S/C63H120O6/c1-4-7-10-13-16-19-22-25-27-29-30-31-32-34-35-38-41-44-47-50-53-56-62(65)68-59-60(58-67-61(64)55-52-49-46-43-40-37-24-21-18-15-12-9-6-3)69-63(66)57-54-51-48-45-42-39-36-33-28-26-23-20-17-14-11-8-5-2/h25,27,60H,4-24,26,28-59H2,1-3H3/b27-25-/t60-/m0/s1. The van der Waals surface area contributed by atoms with Crippen molar-refractivity contribution in [3.8, 4) is 0 Å². The first kappa shape index (κ1) is 67.1. The molecule has 6 nitrogen and oxygen atoms in total. The molecule has 0 saturated carbocycles. The number of allylic oxidation sites excluding steroid dienone is 2. The lowest BCUT2D eigenvalue weighted by atomic mass is 10.0. The molecule has 69 heavy (non-hydrogen) atoms. The summed E-state index contributed by atoms with van der Waals surface area (Å²) in [4.78, 5) is 38.2. The molecule has 0 amide bonds. The number of hydrogen-bond acceptors (Lipinski definition) is 6. The van der Waals surface area contributed by atoms with Crippen LogP contribution in [0.1, 0.15) is 355 Å². The first-order valence-corrected chi connectivity index (χ1v) is 31.2. The Labute approximate surface area is 431 Å². The fourth-order valence-corrected chi connectivity index (χ4v) is 9.56. The molecule has 0 N–H and O–H groups in total. The zero-order valence-electron chi connectivity index (χ0n) is 46.9. The smallest absolute Gasteiger partial charge is 0.306 e. The number of esters is 3. The number of ether oxygens (including phenoxy) is 3. The van der Waals surface area contributed by atoms with Gasteiger partial charge in [0.25, 0.3) is 0 Å². The van der Waals surface area contributed by atoms with E-state index in [1.165, 1.54) is 257 Å². The lowest BCUT2D eigenvalue weighted by molar-refractivity contribution is -0.167. The predicted molar refractivity (Wildman–Crippen MR) is 298 cm³/mol. The third-order valence-corrected chi connectivity index (χ3v) is 14.3. The molecule has 0 fully saturated rings. The Morgan fingerprint density at radius 2 is 0.478 bits per heavy atom. The fourth-order valence-electron chi connectivity index (χ4n) is 9.56. The lowest BCUT2D eigenvalue weighted by Gasteiger charge is -2.18. The summed E-state index contributed by atoms with van der Waals surface area (Å²) < 4.78 is 16.9. The van der Waals surface area contributed by atoms with Crippen LogP contribution in [0.5, 0.6) is 0 Å². The number of hydrogen-bond donors (Lipinski definition) is 0. The van der Waals surface area contributed by atoms with Crippen molar-refractivity contribution < 1.29 is 28.6 Å². The van der Waals surface area contributed by atoms with E-state index in [1.807, 2.05) is 0 Å². The number of unbranched alkanes of at least 4 members (excludes halogenated alkanes) is 45. The van der Waals surface area contributed by atoms with Gasteiger partial charge in [0.1, 0.15) is 13.2 Å². The van der Waals surface area contributed by atoms with Crippen LogP contribution in [0, 0.1) is 0 Å². The fraction of sp³-hybridized carbons (Fsp3) is 0.921. The summed E-state index contributed by atoms with van der Waals surface area (Å²) in [7, 11) is 0. The molecule has 0 aromatic rings. The molecule has 0 aromatic carbocycles. The van der Waals surface area contributed by atoms with Crippen LogP contribution < -0.4 is 0 Å². The quantitative estimate of drug-likeness (QED) is 0.0261. The van der Waals surface area contributed by atoms with Gasteiger partial charge in [0.2, 0.25) is 0 Å². The van der Waals surface area contributed by atoms with Gasteiger partial charge in [-0.2, -0.15) is 0 Å². The Balaban J connectivity index is 4.26. The van der Waals surface area contributed by atoms with Crippen LogP contribution in [-0.4, -0.2) is 37.2 Å². The van der Waals surface area contributed by atoms with Gasteiger partial charge in [0.05, 0.1) is 0 Å². The molecule has 0 rings (SSSR count). The molecule has 0 aliphatic heterocycles. The van der Waals surface area contributed by atoms with Gasteiger partial charge >= 0.3 is 17.9 Å². The van der Waals surface area contributed by atoms with Crippen LogP contribution in [-0.2, 0) is 28.6 Å². The molecule has 408 valence electrons. The molecule has 0 aliphatic rings. The van der Waals surface area contributed by atoms with Gasteiger partial charge in [0.15, 0.2) is 6.10 Å². The molecular formula is C63H120O6. The molecule has 0 saturated heterocycles. The van der Waals surface area contributed by atoms with Crippen LogP contribution in [0.4, 0.5) is 0 Å². The third-order valence-electron chi connectivity index (χ3n) is 14.3. The van der Waals surface area contributed by atoms with E-state index >= 15 is 0 Å². The van der Waals surface area contributed by atoms with Crippen molar-refractivity contribution >= 4 is 17.9 Å². The molecular weight excluding hydrogens is 853 g/mol. The topological polar surface area (TPSA) is 78.9 Å². The summed E-state index contributed by atoms with van der Waals surface area (Å²) in [5.74, 6) is -0.835. The van der Waals surface area contributed by atoms with E-state index in [0.29, 0.717) is 19.3 Å². The minimum Gasteiger partial charge on any atom is -0.462 e. The van der Waals surface area contributed by atoms with Gasteiger partial charge in [-0.3, -0.25) is 14.4 Å². The Hall–Kier alpha value is -1.85. The van der Waals surface area contributed by atoms with Gasteiger partial charge in [-0.1, -0.05) is 303 Å². The van der Waals surface area contributed by atoms with Gasteiger partial charge in [-0.05, 0) is 44.9 Å². The van der Waals surface area contributed by atoms with E-state index in [0.717, 1.165) is 57.8 Å². The van der Waals surface area contributed by atoms with Crippen LogP contribution in [0.3, 0.4) is 0 Å². The Morgan fingerprint density at radius 3 is 0.725 bits per heavy atom. The number of rotatable bonds is 58. The van der Waals surface area contributed by atoms with E-state index in [-0.39, 0.29) is 31.1 Å². The summed E-state index contributed by atoms with van der Waals surface area (Å²) in [5, 5.41) is 0. The van der Waals surface area contributed by atoms with Crippen LogP contribution >= 0.6 is 0 Å². The normalized spacial score (nSPS) is 12.0. The maximum absolute atomic E-state index is 12.9. The zero-order chi connectivity index (χ0) is 50.0. The molecule has 0 bridgehead atoms. The first-order valence-electron chi connectivity index (χ1n) is 31.2. The van der Waals surface area contributed by atoms with E-state index in [4.69, 9.17) is 14.2 Å². The summed E-state index contributed by atoms with van der Waals surface area (Å²) >= 11 is 0. The molecule has 0 unspecified atom stereocenters. The van der Waals surface area contributed by atoms with Gasteiger partial charge < -0.3 is 14.2 Å². The average Bonchev–Trinajstić information content (AvgIpc) is 3.35. The Bertz CT molecular complexity index is 1070. The summed E-state index contributed by atoms with van der Waals surface area (Å²) in [6.07, 6.45) is 67.8. The first-order chi connectivity index (χ1) is 34.0. The van der Waals surface area contributed by atoms with Gasteiger partial charge in [-0.25, -0.2) is 0 Å². The van der Waals surface area contributed by atoms with Crippen LogP contribution in [0.15, 0.2) is 12.2 Å². The van der Waals surface area contributed by atoms with Crippen molar-refractivity contribution in [2.24, 2.45) is 0 Å². The Morgan fingerprint density at radius 1 is 0.275 bits per heavy atom. The maximum atomic E-state index is 12.9. The predicted octanol–water partition coefficient (Wildman–Crippen LogP) is 20.9. The molecule has 0 heterocycles. The molecule has 0 radical (unpaired) electrons. The van der Waals surface area contributed by atoms with Crippen molar-refractivity contribution in [2.45, 2.75) is 361 Å². The second kappa shape index (κ2) is 58.7. The monoisotopic (exact) mass is 973 g/mol. The molecule has 0 aromatic heterocycles. The SMILES string of the molecule is CCCCCCCC/C=C\CCCCCCCCCCCCCC(=O)OC[C@H](COC(=O)CCCCCCCCCCCCCCC)OC(=O)CCCCCCCCCCCCCCCCCCC. The lowest BCUT2D eigenvalue weighted by Crippen LogP contribution is -2.30. The van der Waals surface area contributed by atoms with Crippen LogP contribution in [0.2, 0.25) is 0 Å². The highest BCUT2D eigenvalue weighted by Crippen LogP contribution is 2.18. The minimum absolute atomic E-state index is 0.0634. The second-order valence-electron chi connectivity index (χ2n) is 21.3. The summed E-state index contributed by atoms with van der Waals surface area (Å²) in [5.41, 5.74) is 0. The molecule has 0 aliphatic carbocycles. The van der Waals surface area contributed by atoms with E-state index < -0.39 is 6.10 Å². The van der Waals surface area contributed by atoms with E-state index in [2.05, 4.69) is 32.9 Å². The summed E-state index contributed by atoms with van der Waals surface area (Å²) in [6, 6.07) is 0. The van der Waals surface area contributed by atoms with Gasteiger partial charge in [-0.15, -0.1) is 0 Å². The van der Waals surface area contributed by atoms with Crippen molar-refractivity contribution in [2.75, 3.05) is 13.2 Å². The van der Waals surface area contributed by atoms with Crippen LogP contribution in [0.25, 0.3) is 0 Å². The van der Waals surface area contributed by atoms with Crippen molar-refractivity contribution in [1.29, 1.82) is 0 Å². The second-order valence-corrected chi connectivity index (χ2v) is 21.3. The molecule has 1 atom stereocenters. The number of carbonyl (C=O) groups excluding carboxylic acids is 3. The minimum atomic E-state index is -0.764. The van der Waals surface area contributed by atoms with E-state index in [1.54, 1.807) is 0 Å². The van der Waals surface area contributed by atoms with Gasteiger partial charge in [0, 0.05) is 19.3 Å². The largest absolute Gasteiger partial charge is 0.462 e. The third kappa shape index (κ3) is 56.9. The Kier molecular flexibility index (Phi) is 57.1. The number of carbonyl (C=O) groups is 3. The summed E-state index contributed by atoms with van der Waals surface area (Å²) in [6.45, 7) is 6.70. The van der Waals surface area contributed by atoms with Crippen molar-refractivity contribution in [1.82, 2.24) is 0 Å². The highest BCUT2D eigenvalue weighted by Gasteiger charge is 2.19. The van der Waals surface area contributed by atoms with E-state index in [9.17, 15) is 14.4 Å². The average molecular weight is 974 g/mol. The van der Waals surface area contributed by atoms with Crippen molar-refractivity contribution in [3.63, 3.8) is 0 Å².